The summed E-state index contributed by atoms with van der Waals surface area (Å²) < 4.78 is 29.2. The molecule has 10 heteroatoms. The SMILES string of the molecule is CC(C)CN(O)[C@H]1[C@H](F)[C@H](c2c[nH]c(=O)[nH]c2=O)O[C@@H]1CO[Si](c1ccccc1)(c1ccccc1)C(C)(C)C. The van der Waals surface area contributed by atoms with Gasteiger partial charge in [-0.15, -0.1) is 0 Å². The van der Waals surface area contributed by atoms with Crippen molar-refractivity contribution in [2.75, 3.05) is 13.2 Å². The summed E-state index contributed by atoms with van der Waals surface area (Å²) in [5.41, 5.74) is -1.46. The van der Waals surface area contributed by atoms with Gasteiger partial charge < -0.3 is 19.4 Å². The molecule has 0 amide bonds. The van der Waals surface area contributed by atoms with Crippen molar-refractivity contribution in [1.29, 1.82) is 0 Å². The molecule has 3 N–H and O–H groups in total. The molecule has 3 aromatic rings. The van der Waals surface area contributed by atoms with E-state index in [1.54, 1.807) is 0 Å². The summed E-state index contributed by atoms with van der Waals surface area (Å²) in [6.07, 6.45) is -2.74. The molecule has 4 rings (SSSR count). The number of hydrogen-bond donors (Lipinski definition) is 3. The first-order valence-corrected chi connectivity index (χ1v) is 15.2. The summed E-state index contributed by atoms with van der Waals surface area (Å²) in [5.74, 6) is 0.0518. The van der Waals surface area contributed by atoms with E-state index in [1.165, 1.54) is 6.20 Å². The second-order valence-corrected chi connectivity index (χ2v) is 15.9. The number of rotatable bonds is 9. The molecule has 4 atom stereocenters. The van der Waals surface area contributed by atoms with Crippen molar-refractivity contribution < 1.29 is 18.8 Å². The number of aromatic amines is 2. The molecule has 2 heterocycles. The Morgan fingerprint density at radius 1 is 1.05 bits per heavy atom. The van der Waals surface area contributed by atoms with E-state index in [1.807, 2.05) is 50.2 Å². The van der Waals surface area contributed by atoms with Gasteiger partial charge in [0.2, 0.25) is 0 Å². The average Bonchev–Trinajstić information content (AvgIpc) is 3.20. The topological polar surface area (TPSA) is 108 Å². The summed E-state index contributed by atoms with van der Waals surface area (Å²) in [5, 5.41) is 13.8. The van der Waals surface area contributed by atoms with Crippen LogP contribution in [0.4, 0.5) is 4.39 Å². The summed E-state index contributed by atoms with van der Waals surface area (Å²) in [4.78, 5) is 28.6. The molecule has 0 aliphatic carbocycles. The largest absolute Gasteiger partial charge is 0.405 e. The number of benzene rings is 2. The fourth-order valence-corrected chi connectivity index (χ4v) is 10.1. The maximum atomic E-state index is 16.1. The summed E-state index contributed by atoms with van der Waals surface area (Å²) in [6.45, 7) is 10.5. The van der Waals surface area contributed by atoms with E-state index in [0.717, 1.165) is 15.4 Å². The molecular formula is C29H38FN3O5Si. The van der Waals surface area contributed by atoms with E-state index in [2.05, 4.69) is 55.0 Å². The van der Waals surface area contributed by atoms with Crippen molar-refractivity contribution in [1.82, 2.24) is 15.0 Å². The highest BCUT2D eigenvalue weighted by Crippen LogP contribution is 2.40. The molecular weight excluding hydrogens is 517 g/mol. The lowest BCUT2D eigenvalue weighted by molar-refractivity contribution is -0.159. The Kier molecular flexibility index (Phi) is 8.72. The van der Waals surface area contributed by atoms with E-state index in [-0.39, 0.29) is 29.7 Å². The average molecular weight is 556 g/mol. The van der Waals surface area contributed by atoms with Gasteiger partial charge in [-0.25, -0.2) is 9.18 Å². The fourth-order valence-electron chi connectivity index (χ4n) is 5.56. The number of aromatic nitrogens is 2. The van der Waals surface area contributed by atoms with Crippen LogP contribution in [0, 0.1) is 5.92 Å². The lowest BCUT2D eigenvalue weighted by Crippen LogP contribution is -2.67. The lowest BCUT2D eigenvalue weighted by atomic mass is 10.0. The number of hydroxylamine groups is 2. The van der Waals surface area contributed by atoms with Gasteiger partial charge in [-0.1, -0.05) is 95.3 Å². The van der Waals surface area contributed by atoms with Crippen LogP contribution >= 0.6 is 0 Å². The smallest absolute Gasteiger partial charge is 0.325 e. The third kappa shape index (κ3) is 5.85. The Balaban J connectivity index is 1.75. The van der Waals surface area contributed by atoms with Gasteiger partial charge in [0.05, 0.1) is 18.2 Å². The van der Waals surface area contributed by atoms with E-state index in [0.29, 0.717) is 0 Å². The first kappa shape index (κ1) is 29.1. The maximum absolute atomic E-state index is 16.1. The molecule has 210 valence electrons. The van der Waals surface area contributed by atoms with Crippen LogP contribution in [-0.4, -0.2) is 60.0 Å². The Morgan fingerprint density at radius 2 is 1.62 bits per heavy atom. The van der Waals surface area contributed by atoms with Crippen molar-refractivity contribution in [3.05, 3.63) is 93.3 Å². The highest BCUT2D eigenvalue weighted by Gasteiger charge is 2.54. The molecule has 1 aliphatic rings. The number of ether oxygens (including phenoxy) is 1. The van der Waals surface area contributed by atoms with Gasteiger partial charge in [0.25, 0.3) is 13.9 Å². The zero-order valence-corrected chi connectivity index (χ0v) is 24.1. The fraction of sp³-hybridized carbons (Fsp3) is 0.448. The Morgan fingerprint density at radius 3 is 2.10 bits per heavy atom. The van der Waals surface area contributed by atoms with Gasteiger partial charge >= 0.3 is 5.69 Å². The highest BCUT2D eigenvalue weighted by atomic mass is 28.4. The summed E-state index contributed by atoms with van der Waals surface area (Å²) >= 11 is 0. The van der Waals surface area contributed by atoms with Gasteiger partial charge in [0, 0.05) is 12.7 Å². The molecule has 0 bridgehead atoms. The van der Waals surface area contributed by atoms with Crippen molar-refractivity contribution in [2.24, 2.45) is 5.92 Å². The Bertz CT molecular complexity index is 1300. The van der Waals surface area contributed by atoms with Gasteiger partial charge in [-0.2, -0.15) is 5.06 Å². The molecule has 0 unspecified atom stereocenters. The molecule has 2 aromatic carbocycles. The van der Waals surface area contributed by atoms with Gasteiger partial charge in [-0.05, 0) is 21.3 Å². The van der Waals surface area contributed by atoms with Gasteiger partial charge in [0.1, 0.15) is 12.2 Å². The quantitative estimate of drug-likeness (QED) is 0.277. The first-order valence-electron chi connectivity index (χ1n) is 13.3. The highest BCUT2D eigenvalue weighted by molar-refractivity contribution is 6.99. The standard InChI is InChI=1S/C29H38FN3O5Si/c1-19(2)17-33(36)25-23(38-26(24(25)30)22-16-31-28(35)32-27(22)34)18-37-39(29(3,4)5,20-12-8-6-9-13-20)21-14-10-7-11-15-21/h6-16,19,23-26,36H,17-18H2,1-5H3,(H2,31,32,34,35)/t23-,24+,25-,26+/m1/s1. The van der Waals surface area contributed by atoms with Crippen LogP contribution in [-0.2, 0) is 9.16 Å². The molecule has 1 saturated heterocycles. The molecule has 39 heavy (non-hydrogen) atoms. The van der Waals surface area contributed by atoms with Crippen molar-refractivity contribution in [3.8, 4) is 0 Å². The van der Waals surface area contributed by atoms with Crippen LogP contribution in [0.2, 0.25) is 5.04 Å². The minimum Gasteiger partial charge on any atom is -0.405 e. The first-order chi connectivity index (χ1) is 18.5. The molecule has 1 fully saturated rings. The predicted octanol–water partition coefficient (Wildman–Crippen LogP) is 3.13. The molecule has 8 nitrogen and oxygen atoms in total. The second-order valence-electron chi connectivity index (χ2n) is 11.5. The monoisotopic (exact) mass is 555 g/mol. The number of halogens is 1. The van der Waals surface area contributed by atoms with E-state index >= 15 is 4.39 Å². The normalized spacial score (nSPS) is 22.1. The van der Waals surface area contributed by atoms with Crippen LogP contribution < -0.4 is 21.6 Å². The zero-order chi connectivity index (χ0) is 28.4. The Labute approximate surface area is 228 Å². The lowest BCUT2D eigenvalue weighted by Gasteiger charge is -2.44. The summed E-state index contributed by atoms with van der Waals surface area (Å²) in [7, 11) is -2.97. The molecule has 1 aromatic heterocycles. The minimum absolute atomic E-state index is 0.00865. The zero-order valence-electron chi connectivity index (χ0n) is 23.1. The van der Waals surface area contributed by atoms with E-state index in [4.69, 9.17) is 9.16 Å². The summed E-state index contributed by atoms with van der Waals surface area (Å²) in [6, 6.07) is 19.0. The second kappa shape index (κ2) is 11.7. The number of H-pyrrole nitrogens is 2. The van der Waals surface area contributed by atoms with Crippen LogP contribution in [0.3, 0.4) is 0 Å². The van der Waals surface area contributed by atoms with Gasteiger partial charge in [0.15, 0.2) is 6.17 Å². The molecule has 0 saturated carbocycles. The van der Waals surface area contributed by atoms with E-state index < -0.39 is 44.0 Å². The number of nitrogens with one attached hydrogen (secondary N) is 2. The third-order valence-electron chi connectivity index (χ3n) is 7.25. The molecule has 0 spiro atoms. The van der Waals surface area contributed by atoms with Crippen LogP contribution in [0.1, 0.15) is 46.3 Å². The van der Waals surface area contributed by atoms with Gasteiger partial charge in [-0.3, -0.25) is 9.78 Å². The maximum Gasteiger partial charge on any atom is 0.325 e. The Hall–Kier alpha value is -2.89. The minimum atomic E-state index is -2.97. The molecule has 0 radical (unpaired) electrons. The molecule has 1 aliphatic heterocycles. The van der Waals surface area contributed by atoms with E-state index in [9.17, 15) is 14.8 Å². The third-order valence-corrected chi connectivity index (χ3v) is 12.3. The number of alkyl halides is 1. The number of nitrogens with zero attached hydrogens (tertiary/aromatic N) is 1. The predicted molar refractivity (Wildman–Crippen MR) is 151 cm³/mol. The van der Waals surface area contributed by atoms with Crippen molar-refractivity contribution >= 4 is 18.7 Å². The number of hydrogen-bond acceptors (Lipinski definition) is 6. The van der Waals surface area contributed by atoms with Crippen molar-refractivity contribution in [2.45, 2.75) is 64.1 Å². The van der Waals surface area contributed by atoms with Crippen LogP contribution in [0.25, 0.3) is 0 Å². The van der Waals surface area contributed by atoms with Crippen molar-refractivity contribution in [3.63, 3.8) is 0 Å². The van der Waals surface area contributed by atoms with Crippen LogP contribution in [0.15, 0.2) is 76.4 Å². The van der Waals surface area contributed by atoms with Crippen LogP contribution in [0.5, 0.6) is 0 Å².